The van der Waals surface area contributed by atoms with E-state index in [9.17, 15) is 9.59 Å². The molecule has 0 bridgehead atoms. The molecule has 1 aliphatic heterocycles. The summed E-state index contributed by atoms with van der Waals surface area (Å²) in [5.74, 6) is -3.30. The molecule has 1 rings (SSSR count). The molecule has 0 saturated carbocycles. The van der Waals surface area contributed by atoms with Crippen molar-refractivity contribution in [3.63, 3.8) is 0 Å². The van der Waals surface area contributed by atoms with E-state index in [1.807, 2.05) is 0 Å². The molecule has 0 spiro atoms. The number of carbonyl (C=O) groups is 2. The summed E-state index contributed by atoms with van der Waals surface area (Å²) in [6.45, 7) is 0.248. The van der Waals surface area contributed by atoms with Gasteiger partial charge in [-0.25, -0.2) is 0 Å². The molecule has 68 valence electrons. The Hall–Kier alpha value is -1.10. The highest BCUT2D eigenvalue weighted by Crippen LogP contribution is 2.19. The van der Waals surface area contributed by atoms with E-state index in [0.717, 1.165) is 0 Å². The van der Waals surface area contributed by atoms with Crippen LogP contribution in [0.1, 0.15) is 6.42 Å². The van der Waals surface area contributed by atoms with Crippen LogP contribution in [0.25, 0.3) is 0 Å². The summed E-state index contributed by atoms with van der Waals surface area (Å²) in [7, 11) is 0. The van der Waals surface area contributed by atoms with E-state index in [1.54, 1.807) is 0 Å². The van der Waals surface area contributed by atoms with E-state index >= 15 is 0 Å². The highest BCUT2D eigenvalue weighted by Gasteiger charge is 2.31. The Labute approximate surface area is 68.9 Å². The average Bonchev–Trinajstić information content (AvgIpc) is 2.04. The van der Waals surface area contributed by atoms with Crippen molar-refractivity contribution in [2.45, 2.75) is 6.42 Å². The van der Waals surface area contributed by atoms with Crippen LogP contribution in [-0.2, 0) is 14.3 Å². The largest absolute Gasteiger partial charge is 0.481 e. The van der Waals surface area contributed by atoms with Gasteiger partial charge in [0.15, 0.2) is 0 Å². The van der Waals surface area contributed by atoms with Gasteiger partial charge in [0.2, 0.25) is 0 Å². The van der Waals surface area contributed by atoms with Gasteiger partial charge in [0.1, 0.15) is 0 Å². The van der Waals surface area contributed by atoms with E-state index in [-0.39, 0.29) is 19.6 Å². The highest BCUT2D eigenvalue weighted by atomic mass is 16.5. The molecule has 2 N–H and O–H groups in total. The standard InChI is InChI=1S/C7H10O5/c8-6(9)4-1-5(7(10)11)3-12-2-4/h4-5H,1-3H2,(H,8,9)(H,10,11). The van der Waals surface area contributed by atoms with Gasteiger partial charge in [-0.1, -0.05) is 0 Å². The Kier molecular flexibility index (Phi) is 2.65. The number of hydrogen-bond donors (Lipinski definition) is 2. The molecule has 0 aromatic heterocycles. The average molecular weight is 174 g/mol. The van der Waals surface area contributed by atoms with Crippen LogP contribution in [0.4, 0.5) is 0 Å². The number of rotatable bonds is 2. The van der Waals surface area contributed by atoms with Crippen molar-refractivity contribution < 1.29 is 24.5 Å². The van der Waals surface area contributed by atoms with E-state index in [4.69, 9.17) is 14.9 Å². The van der Waals surface area contributed by atoms with E-state index in [2.05, 4.69) is 0 Å². The maximum Gasteiger partial charge on any atom is 0.308 e. The first-order valence-corrected chi connectivity index (χ1v) is 3.64. The summed E-state index contributed by atoms with van der Waals surface area (Å²) in [5.41, 5.74) is 0. The molecule has 0 aromatic carbocycles. The van der Waals surface area contributed by atoms with E-state index < -0.39 is 23.8 Å². The second-order valence-corrected chi connectivity index (χ2v) is 2.84. The third-order valence-electron chi connectivity index (χ3n) is 1.91. The minimum atomic E-state index is -0.985. The minimum absolute atomic E-state index is 0.124. The summed E-state index contributed by atoms with van der Waals surface area (Å²) < 4.78 is 4.86. The molecule has 0 radical (unpaired) electrons. The van der Waals surface area contributed by atoms with Gasteiger partial charge in [-0.05, 0) is 6.42 Å². The molecule has 12 heavy (non-hydrogen) atoms. The van der Waals surface area contributed by atoms with Crippen molar-refractivity contribution in [2.75, 3.05) is 13.2 Å². The van der Waals surface area contributed by atoms with Crippen molar-refractivity contribution in [1.82, 2.24) is 0 Å². The fraction of sp³-hybridized carbons (Fsp3) is 0.714. The van der Waals surface area contributed by atoms with Gasteiger partial charge in [-0.2, -0.15) is 0 Å². The van der Waals surface area contributed by atoms with Gasteiger partial charge in [-0.3, -0.25) is 9.59 Å². The van der Waals surface area contributed by atoms with Gasteiger partial charge in [-0.15, -0.1) is 0 Å². The van der Waals surface area contributed by atoms with Crippen molar-refractivity contribution in [3.05, 3.63) is 0 Å². The zero-order valence-corrected chi connectivity index (χ0v) is 6.40. The number of hydrogen-bond acceptors (Lipinski definition) is 3. The zero-order chi connectivity index (χ0) is 9.14. The molecule has 5 nitrogen and oxygen atoms in total. The molecule has 1 fully saturated rings. The zero-order valence-electron chi connectivity index (χ0n) is 6.40. The van der Waals surface area contributed by atoms with Gasteiger partial charge < -0.3 is 14.9 Å². The van der Waals surface area contributed by atoms with Crippen molar-refractivity contribution in [3.8, 4) is 0 Å². The van der Waals surface area contributed by atoms with Crippen LogP contribution in [0.3, 0.4) is 0 Å². The lowest BCUT2D eigenvalue weighted by Gasteiger charge is -2.23. The summed E-state index contributed by atoms with van der Waals surface area (Å²) in [6, 6.07) is 0. The topological polar surface area (TPSA) is 83.8 Å². The van der Waals surface area contributed by atoms with E-state index in [1.165, 1.54) is 0 Å². The Morgan fingerprint density at radius 2 is 1.50 bits per heavy atom. The first-order chi connectivity index (χ1) is 5.61. The number of carboxylic acid groups (broad SMARTS) is 2. The number of ether oxygens (including phenoxy) is 1. The first kappa shape index (κ1) is 8.99. The van der Waals surface area contributed by atoms with Gasteiger partial charge >= 0.3 is 11.9 Å². The maximum absolute atomic E-state index is 10.4. The van der Waals surface area contributed by atoms with Crippen molar-refractivity contribution >= 4 is 11.9 Å². The molecule has 5 heteroatoms. The molecule has 1 aliphatic rings. The molecule has 2 unspecified atom stereocenters. The number of carboxylic acids is 2. The van der Waals surface area contributed by atoms with Crippen LogP contribution in [0.2, 0.25) is 0 Å². The second-order valence-electron chi connectivity index (χ2n) is 2.84. The van der Waals surface area contributed by atoms with Crippen molar-refractivity contribution in [1.29, 1.82) is 0 Å². The Bertz CT molecular complexity index is 180. The quantitative estimate of drug-likeness (QED) is 0.606. The fourth-order valence-electron chi connectivity index (χ4n) is 1.18. The van der Waals surface area contributed by atoms with Crippen LogP contribution in [-0.4, -0.2) is 35.4 Å². The fourth-order valence-corrected chi connectivity index (χ4v) is 1.18. The van der Waals surface area contributed by atoms with Gasteiger partial charge in [0.25, 0.3) is 0 Å². The molecule has 2 atom stereocenters. The van der Waals surface area contributed by atoms with E-state index in [0.29, 0.717) is 0 Å². The van der Waals surface area contributed by atoms with Gasteiger partial charge in [0, 0.05) is 0 Å². The van der Waals surface area contributed by atoms with Gasteiger partial charge in [0.05, 0.1) is 25.0 Å². The summed E-state index contributed by atoms with van der Waals surface area (Å²) in [6.07, 6.45) is 0.171. The molecular weight excluding hydrogens is 164 g/mol. The lowest BCUT2D eigenvalue weighted by molar-refractivity contribution is -0.154. The monoisotopic (exact) mass is 174 g/mol. The third-order valence-corrected chi connectivity index (χ3v) is 1.91. The lowest BCUT2D eigenvalue weighted by atomic mass is 9.93. The van der Waals surface area contributed by atoms with Crippen LogP contribution >= 0.6 is 0 Å². The maximum atomic E-state index is 10.4. The highest BCUT2D eigenvalue weighted by molar-refractivity contribution is 5.74. The second kappa shape index (κ2) is 3.53. The predicted octanol–water partition coefficient (Wildman–Crippen LogP) is -0.192. The molecular formula is C7H10O5. The van der Waals surface area contributed by atoms with Crippen LogP contribution in [0.5, 0.6) is 0 Å². The third kappa shape index (κ3) is 1.94. The van der Waals surface area contributed by atoms with Crippen LogP contribution in [0.15, 0.2) is 0 Å². The predicted molar refractivity (Wildman–Crippen MR) is 37.7 cm³/mol. The van der Waals surface area contributed by atoms with Crippen LogP contribution in [0, 0.1) is 11.8 Å². The molecule has 1 saturated heterocycles. The van der Waals surface area contributed by atoms with Crippen LogP contribution < -0.4 is 0 Å². The number of aliphatic carboxylic acids is 2. The molecule has 1 heterocycles. The Morgan fingerprint density at radius 1 is 1.08 bits per heavy atom. The minimum Gasteiger partial charge on any atom is -0.481 e. The summed E-state index contributed by atoms with van der Waals surface area (Å²) >= 11 is 0. The summed E-state index contributed by atoms with van der Waals surface area (Å²) in [4.78, 5) is 20.9. The SMILES string of the molecule is O=C(O)C1COCC(C(=O)O)C1. The van der Waals surface area contributed by atoms with Crippen molar-refractivity contribution in [2.24, 2.45) is 11.8 Å². The summed E-state index contributed by atoms with van der Waals surface area (Å²) in [5, 5.41) is 17.1. The lowest BCUT2D eigenvalue weighted by Crippen LogP contribution is -2.34. The molecule has 0 aliphatic carbocycles. The molecule has 0 aromatic rings. The molecule has 0 amide bonds. The first-order valence-electron chi connectivity index (χ1n) is 3.64. The smallest absolute Gasteiger partial charge is 0.308 e. The Morgan fingerprint density at radius 3 is 1.83 bits per heavy atom. The normalized spacial score (nSPS) is 29.7. The Balaban J connectivity index is 2.51.